The Morgan fingerprint density at radius 2 is 1.70 bits per heavy atom. The Balaban J connectivity index is 2.30. The van der Waals surface area contributed by atoms with Gasteiger partial charge < -0.3 is 14.0 Å². The summed E-state index contributed by atoms with van der Waals surface area (Å²) >= 11 is 0. The average molecular weight is 277 g/mol. The van der Waals surface area contributed by atoms with Gasteiger partial charge in [-0.25, -0.2) is 4.98 Å². The first-order valence-electron chi connectivity index (χ1n) is 7.29. The van der Waals surface area contributed by atoms with Crippen molar-refractivity contribution in [2.45, 2.75) is 59.2 Å². The van der Waals surface area contributed by atoms with Crippen LogP contribution in [0, 0.1) is 0 Å². The number of ether oxygens (including phenoxy) is 1. The minimum absolute atomic E-state index is 0.332. The normalized spacial score (nSPS) is 20.2. The van der Waals surface area contributed by atoms with Crippen LogP contribution in [-0.2, 0) is 15.7 Å². The van der Waals surface area contributed by atoms with Crippen molar-refractivity contribution in [2.75, 3.05) is 6.61 Å². The number of hydrogen-bond donors (Lipinski definition) is 0. The molecule has 0 spiro atoms. The molecule has 20 heavy (non-hydrogen) atoms. The lowest BCUT2D eigenvalue weighted by Crippen LogP contribution is -2.41. The molecule has 0 amide bonds. The van der Waals surface area contributed by atoms with Gasteiger partial charge in [-0.1, -0.05) is 13.0 Å². The highest BCUT2D eigenvalue weighted by Gasteiger charge is 2.52. The number of nitrogens with zero attached hydrogens (tertiary/aromatic N) is 1. The number of aryl methyl sites for hydroxylation is 1. The molecule has 0 bridgehead atoms. The summed E-state index contributed by atoms with van der Waals surface area (Å²) in [4.78, 5) is 4.54. The first-order valence-corrected chi connectivity index (χ1v) is 7.29. The Kier molecular flexibility index (Phi) is 4.12. The van der Waals surface area contributed by atoms with Gasteiger partial charge in [0, 0.05) is 11.2 Å². The molecule has 0 N–H and O–H groups in total. The van der Waals surface area contributed by atoms with E-state index in [1.165, 1.54) is 0 Å². The van der Waals surface area contributed by atoms with Crippen molar-refractivity contribution in [3.63, 3.8) is 0 Å². The van der Waals surface area contributed by atoms with Crippen LogP contribution in [0.5, 0.6) is 5.88 Å². The lowest BCUT2D eigenvalue weighted by atomic mass is 9.77. The van der Waals surface area contributed by atoms with E-state index in [1.54, 1.807) is 0 Å². The summed E-state index contributed by atoms with van der Waals surface area (Å²) in [5.74, 6) is 0.657. The highest BCUT2D eigenvalue weighted by atomic mass is 16.7. The number of pyridine rings is 1. The van der Waals surface area contributed by atoms with Gasteiger partial charge in [-0.2, -0.15) is 0 Å². The van der Waals surface area contributed by atoms with E-state index in [1.807, 2.05) is 19.1 Å². The fraction of sp³-hybridized carbons (Fsp3) is 0.667. The summed E-state index contributed by atoms with van der Waals surface area (Å²) in [6.07, 6.45) is 0.820. The molecule has 0 aromatic carbocycles. The third-order valence-corrected chi connectivity index (χ3v) is 4.12. The summed E-state index contributed by atoms with van der Waals surface area (Å²) in [5.41, 5.74) is 1.30. The van der Waals surface area contributed by atoms with Crippen LogP contribution in [0.1, 0.15) is 47.2 Å². The largest absolute Gasteiger partial charge is 0.496 e. The van der Waals surface area contributed by atoms with Gasteiger partial charge in [0.15, 0.2) is 0 Å². The van der Waals surface area contributed by atoms with Gasteiger partial charge in [0.05, 0.1) is 17.8 Å². The summed E-state index contributed by atoms with van der Waals surface area (Å²) < 4.78 is 17.6. The average Bonchev–Trinajstić information content (AvgIpc) is 2.58. The standard InChI is InChI=1S/C15H24BNO3/c1-7-12-11(9-10-13(17-12)18-8-2)16-19-14(3,4)15(5,6)20-16/h9-10H,7-8H2,1-6H3. The first-order chi connectivity index (χ1) is 9.30. The SMILES string of the molecule is CCOc1ccc(B2OC(C)(C)C(C)(C)O2)c(CC)n1. The molecule has 2 rings (SSSR count). The van der Waals surface area contributed by atoms with Crippen LogP contribution in [0.3, 0.4) is 0 Å². The molecule has 0 atom stereocenters. The van der Waals surface area contributed by atoms with Crippen molar-refractivity contribution in [3.05, 3.63) is 17.8 Å². The van der Waals surface area contributed by atoms with E-state index in [9.17, 15) is 0 Å². The maximum Gasteiger partial charge on any atom is 0.496 e. The van der Waals surface area contributed by atoms with Crippen LogP contribution in [0.25, 0.3) is 0 Å². The number of rotatable bonds is 4. The summed E-state index contributed by atoms with van der Waals surface area (Å²) in [6.45, 7) is 12.9. The van der Waals surface area contributed by atoms with Crippen molar-refractivity contribution >= 4 is 12.6 Å². The smallest absolute Gasteiger partial charge is 0.478 e. The molecule has 0 unspecified atom stereocenters. The van der Waals surface area contributed by atoms with Crippen molar-refractivity contribution in [3.8, 4) is 5.88 Å². The first kappa shape index (κ1) is 15.3. The molecule has 2 heterocycles. The predicted octanol–water partition coefficient (Wildman–Crippen LogP) is 2.34. The fourth-order valence-corrected chi connectivity index (χ4v) is 2.19. The molecule has 110 valence electrons. The topological polar surface area (TPSA) is 40.6 Å². The molecule has 0 saturated carbocycles. The van der Waals surface area contributed by atoms with E-state index in [0.29, 0.717) is 12.5 Å². The molecule has 0 aliphatic carbocycles. The van der Waals surface area contributed by atoms with E-state index < -0.39 is 0 Å². The molecule has 1 aliphatic heterocycles. The lowest BCUT2D eigenvalue weighted by molar-refractivity contribution is 0.00578. The highest BCUT2D eigenvalue weighted by Crippen LogP contribution is 2.36. The van der Waals surface area contributed by atoms with Crippen LogP contribution >= 0.6 is 0 Å². The zero-order valence-electron chi connectivity index (χ0n) is 13.3. The molecule has 1 aliphatic rings. The maximum absolute atomic E-state index is 6.09. The summed E-state index contributed by atoms with van der Waals surface area (Å²) in [7, 11) is -0.363. The molecule has 5 heteroatoms. The molecule has 1 aromatic rings. The minimum Gasteiger partial charge on any atom is -0.478 e. The van der Waals surface area contributed by atoms with Gasteiger partial charge in [-0.15, -0.1) is 0 Å². The van der Waals surface area contributed by atoms with Crippen molar-refractivity contribution in [2.24, 2.45) is 0 Å². The third kappa shape index (κ3) is 2.70. The number of aromatic nitrogens is 1. The van der Waals surface area contributed by atoms with Crippen LogP contribution in [0.15, 0.2) is 12.1 Å². The second-order valence-electron chi connectivity index (χ2n) is 6.06. The Hall–Kier alpha value is -1.07. The van der Waals surface area contributed by atoms with Crippen LogP contribution in [0.2, 0.25) is 0 Å². The van der Waals surface area contributed by atoms with Gasteiger partial charge in [-0.3, -0.25) is 0 Å². The van der Waals surface area contributed by atoms with Gasteiger partial charge in [0.1, 0.15) is 0 Å². The minimum atomic E-state index is -0.363. The molecule has 1 fully saturated rings. The predicted molar refractivity (Wildman–Crippen MR) is 80.5 cm³/mol. The Bertz CT molecular complexity index is 472. The van der Waals surface area contributed by atoms with Crippen molar-refractivity contribution in [1.29, 1.82) is 0 Å². The molecule has 1 saturated heterocycles. The zero-order chi connectivity index (χ0) is 15.0. The highest BCUT2D eigenvalue weighted by molar-refractivity contribution is 6.62. The molecule has 1 aromatic heterocycles. The molecular weight excluding hydrogens is 253 g/mol. The Labute approximate surface area is 122 Å². The van der Waals surface area contributed by atoms with Gasteiger partial charge in [-0.05, 0) is 47.1 Å². The van der Waals surface area contributed by atoms with Crippen molar-refractivity contribution in [1.82, 2.24) is 4.98 Å². The maximum atomic E-state index is 6.09. The van der Waals surface area contributed by atoms with E-state index in [4.69, 9.17) is 14.0 Å². The molecular formula is C15H24BNO3. The lowest BCUT2D eigenvalue weighted by Gasteiger charge is -2.32. The molecule has 4 nitrogen and oxygen atoms in total. The van der Waals surface area contributed by atoms with Crippen molar-refractivity contribution < 1.29 is 14.0 Å². The molecule has 0 radical (unpaired) electrons. The Morgan fingerprint density at radius 3 is 2.20 bits per heavy atom. The Morgan fingerprint density at radius 1 is 1.10 bits per heavy atom. The van der Waals surface area contributed by atoms with Crippen LogP contribution in [-0.4, -0.2) is 29.9 Å². The summed E-state index contributed by atoms with van der Waals surface area (Å²) in [5, 5.41) is 0. The van der Waals surface area contributed by atoms with E-state index in [0.717, 1.165) is 17.6 Å². The van der Waals surface area contributed by atoms with Gasteiger partial charge in [0.2, 0.25) is 5.88 Å². The zero-order valence-corrected chi connectivity index (χ0v) is 13.3. The number of hydrogen-bond acceptors (Lipinski definition) is 4. The van der Waals surface area contributed by atoms with E-state index in [-0.39, 0.29) is 18.3 Å². The monoisotopic (exact) mass is 277 g/mol. The fourth-order valence-electron chi connectivity index (χ4n) is 2.19. The quantitative estimate of drug-likeness (QED) is 0.792. The third-order valence-electron chi connectivity index (χ3n) is 4.12. The van der Waals surface area contributed by atoms with E-state index >= 15 is 0 Å². The second kappa shape index (κ2) is 5.37. The van der Waals surface area contributed by atoms with E-state index in [2.05, 4.69) is 39.6 Å². The van der Waals surface area contributed by atoms with Crippen LogP contribution in [0.4, 0.5) is 0 Å². The van der Waals surface area contributed by atoms with Gasteiger partial charge in [0.25, 0.3) is 0 Å². The summed E-state index contributed by atoms with van der Waals surface area (Å²) in [6, 6.07) is 3.88. The second-order valence-corrected chi connectivity index (χ2v) is 6.06. The van der Waals surface area contributed by atoms with Gasteiger partial charge >= 0.3 is 7.12 Å². The van der Waals surface area contributed by atoms with Crippen LogP contribution < -0.4 is 10.2 Å².